The Kier molecular flexibility index (Phi) is 4.84. The maximum atomic E-state index is 10.2. The Labute approximate surface area is 116 Å². The number of hydrogen-bond acceptors (Lipinski definition) is 4. The van der Waals surface area contributed by atoms with Crippen LogP contribution in [0.2, 0.25) is 0 Å². The standard InChI is InChI=1S/C15H28O4/c1-6-14(4)9-7-12(17)15(5,19-14)10-8-11(16)13(2,3)18/h6,11-12,16-18H,1,7-10H2,2-5H3/t11-,12-,14+,15+/m0/s1. The lowest BCUT2D eigenvalue weighted by Gasteiger charge is -2.47. The van der Waals surface area contributed by atoms with E-state index in [0.29, 0.717) is 19.3 Å². The molecule has 0 amide bonds. The quantitative estimate of drug-likeness (QED) is 0.667. The SMILES string of the molecule is C=C[C@]1(C)CC[C@H](O)[C@@](C)(CC[C@H](O)C(C)(C)O)O1. The average Bonchev–Trinajstić information content (AvgIpc) is 2.30. The van der Waals surface area contributed by atoms with E-state index >= 15 is 0 Å². The van der Waals surface area contributed by atoms with Crippen molar-refractivity contribution in [1.29, 1.82) is 0 Å². The highest BCUT2D eigenvalue weighted by Gasteiger charge is 2.45. The van der Waals surface area contributed by atoms with E-state index in [9.17, 15) is 15.3 Å². The van der Waals surface area contributed by atoms with Crippen LogP contribution in [0, 0.1) is 0 Å². The molecule has 0 saturated carbocycles. The van der Waals surface area contributed by atoms with E-state index in [1.54, 1.807) is 19.9 Å². The zero-order valence-corrected chi connectivity index (χ0v) is 12.5. The highest BCUT2D eigenvalue weighted by atomic mass is 16.5. The van der Waals surface area contributed by atoms with Crippen molar-refractivity contribution >= 4 is 0 Å². The number of hydrogen-bond donors (Lipinski definition) is 3. The number of ether oxygens (including phenoxy) is 1. The summed E-state index contributed by atoms with van der Waals surface area (Å²) in [5, 5.41) is 29.8. The molecule has 1 aliphatic heterocycles. The predicted octanol–water partition coefficient (Wildman–Crippen LogP) is 1.77. The van der Waals surface area contributed by atoms with Crippen LogP contribution in [-0.2, 0) is 4.74 Å². The van der Waals surface area contributed by atoms with Gasteiger partial charge >= 0.3 is 0 Å². The first-order valence-corrected chi connectivity index (χ1v) is 6.95. The molecule has 4 heteroatoms. The van der Waals surface area contributed by atoms with Gasteiger partial charge in [-0.2, -0.15) is 0 Å². The van der Waals surface area contributed by atoms with Crippen molar-refractivity contribution in [3.63, 3.8) is 0 Å². The maximum Gasteiger partial charge on any atom is 0.0924 e. The van der Waals surface area contributed by atoms with Crippen LogP contribution in [0.1, 0.15) is 53.4 Å². The van der Waals surface area contributed by atoms with Crippen LogP contribution in [-0.4, -0.2) is 44.3 Å². The molecule has 0 unspecified atom stereocenters. The van der Waals surface area contributed by atoms with Crippen LogP contribution < -0.4 is 0 Å². The highest BCUT2D eigenvalue weighted by Crippen LogP contribution is 2.39. The van der Waals surface area contributed by atoms with Crippen molar-refractivity contribution in [2.75, 3.05) is 0 Å². The Morgan fingerprint density at radius 1 is 1.47 bits per heavy atom. The summed E-state index contributed by atoms with van der Waals surface area (Å²) in [7, 11) is 0. The van der Waals surface area contributed by atoms with Gasteiger partial charge in [0.25, 0.3) is 0 Å². The molecule has 4 nitrogen and oxygen atoms in total. The lowest BCUT2D eigenvalue weighted by molar-refractivity contribution is -0.211. The summed E-state index contributed by atoms with van der Waals surface area (Å²) in [6, 6.07) is 0. The Bertz CT molecular complexity index is 323. The summed E-state index contributed by atoms with van der Waals surface area (Å²) >= 11 is 0. The van der Waals surface area contributed by atoms with E-state index in [1.807, 2.05) is 13.8 Å². The van der Waals surface area contributed by atoms with Crippen LogP contribution in [0.5, 0.6) is 0 Å². The van der Waals surface area contributed by atoms with E-state index in [0.717, 1.165) is 6.42 Å². The lowest BCUT2D eigenvalue weighted by atomic mass is 9.80. The minimum absolute atomic E-state index is 0.379. The molecule has 112 valence electrons. The van der Waals surface area contributed by atoms with Gasteiger partial charge < -0.3 is 20.1 Å². The van der Waals surface area contributed by atoms with Crippen molar-refractivity contribution in [1.82, 2.24) is 0 Å². The highest BCUT2D eigenvalue weighted by molar-refractivity contribution is 5.03. The van der Waals surface area contributed by atoms with Gasteiger partial charge in [0.2, 0.25) is 0 Å². The van der Waals surface area contributed by atoms with E-state index in [1.165, 1.54) is 0 Å². The fourth-order valence-corrected chi connectivity index (χ4v) is 2.52. The van der Waals surface area contributed by atoms with Crippen LogP contribution in [0.25, 0.3) is 0 Å². The summed E-state index contributed by atoms with van der Waals surface area (Å²) in [6.45, 7) is 10.7. The van der Waals surface area contributed by atoms with Crippen molar-refractivity contribution in [2.45, 2.75) is 82.4 Å². The molecule has 0 aliphatic carbocycles. The zero-order chi connectivity index (χ0) is 14.9. The molecule has 0 bridgehead atoms. The second-order valence-corrected chi connectivity index (χ2v) is 6.69. The molecule has 4 atom stereocenters. The Hall–Kier alpha value is -0.420. The molecule has 0 aromatic carbocycles. The Morgan fingerprint density at radius 2 is 2.05 bits per heavy atom. The third kappa shape index (κ3) is 4.02. The molecule has 0 radical (unpaired) electrons. The second kappa shape index (κ2) is 5.52. The van der Waals surface area contributed by atoms with Crippen molar-refractivity contribution in [3.05, 3.63) is 12.7 Å². The van der Waals surface area contributed by atoms with Crippen molar-refractivity contribution < 1.29 is 20.1 Å². The third-order valence-electron chi connectivity index (χ3n) is 4.25. The van der Waals surface area contributed by atoms with Gasteiger partial charge in [-0.1, -0.05) is 6.08 Å². The van der Waals surface area contributed by atoms with Gasteiger partial charge in [0, 0.05) is 0 Å². The first-order valence-electron chi connectivity index (χ1n) is 6.95. The maximum absolute atomic E-state index is 10.2. The molecule has 3 N–H and O–H groups in total. The van der Waals surface area contributed by atoms with E-state index in [2.05, 4.69) is 6.58 Å². The van der Waals surface area contributed by atoms with Gasteiger partial charge in [-0.3, -0.25) is 0 Å². The summed E-state index contributed by atoms with van der Waals surface area (Å²) in [4.78, 5) is 0. The first kappa shape index (κ1) is 16.6. The van der Waals surface area contributed by atoms with Crippen LogP contribution in [0.4, 0.5) is 0 Å². The number of rotatable bonds is 5. The molecule has 1 saturated heterocycles. The molecule has 0 spiro atoms. The molecular weight excluding hydrogens is 244 g/mol. The summed E-state index contributed by atoms with van der Waals surface area (Å²) in [6.07, 6.45) is 2.63. The summed E-state index contributed by atoms with van der Waals surface area (Å²) < 4.78 is 6.03. The van der Waals surface area contributed by atoms with Gasteiger partial charge in [-0.25, -0.2) is 0 Å². The van der Waals surface area contributed by atoms with Crippen molar-refractivity contribution in [3.8, 4) is 0 Å². The smallest absolute Gasteiger partial charge is 0.0924 e. The fraction of sp³-hybridized carbons (Fsp3) is 0.867. The van der Waals surface area contributed by atoms with Gasteiger partial charge in [0.05, 0.1) is 29.0 Å². The monoisotopic (exact) mass is 272 g/mol. The minimum atomic E-state index is -1.14. The molecule has 1 heterocycles. The topological polar surface area (TPSA) is 69.9 Å². The number of aliphatic hydroxyl groups is 3. The molecule has 19 heavy (non-hydrogen) atoms. The first-order chi connectivity index (χ1) is 8.52. The van der Waals surface area contributed by atoms with Crippen LogP contribution in [0.3, 0.4) is 0 Å². The Balaban J connectivity index is 2.70. The minimum Gasteiger partial charge on any atom is -0.390 e. The average molecular weight is 272 g/mol. The van der Waals surface area contributed by atoms with Crippen LogP contribution >= 0.6 is 0 Å². The Morgan fingerprint density at radius 3 is 2.53 bits per heavy atom. The van der Waals surface area contributed by atoms with Crippen LogP contribution in [0.15, 0.2) is 12.7 Å². The van der Waals surface area contributed by atoms with Gasteiger partial charge in [0.15, 0.2) is 0 Å². The van der Waals surface area contributed by atoms with E-state index in [4.69, 9.17) is 4.74 Å². The third-order valence-corrected chi connectivity index (χ3v) is 4.25. The summed E-state index contributed by atoms with van der Waals surface area (Å²) in [5.41, 5.74) is -2.29. The molecule has 0 aromatic rings. The van der Waals surface area contributed by atoms with Gasteiger partial charge in [-0.05, 0) is 53.4 Å². The molecule has 0 aromatic heterocycles. The molecule has 1 aliphatic rings. The normalized spacial score (nSPS) is 37.9. The summed E-state index contributed by atoms with van der Waals surface area (Å²) in [5.74, 6) is 0. The second-order valence-electron chi connectivity index (χ2n) is 6.69. The molecule has 1 fully saturated rings. The number of aliphatic hydroxyl groups excluding tert-OH is 2. The lowest BCUT2D eigenvalue weighted by Crippen LogP contribution is -2.53. The fourth-order valence-electron chi connectivity index (χ4n) is 2.52. The van der Waals surface area contributed by atoms with Gasteiger partial charge in [-0.15, -0.1) is 6.58 Å². The van der Waals surface area contributed by atoms with Crippen molar-refractivity contribution in [2.24, 2.45) is 0 Å². The predicted molar refractivity (Wildman–Crippen MR) is 74.9 cm³/mol. The largest absolute Gasteiger partial charge is 0.390 e. The van der Waals surface area contributed by atoms with E-state index in [-0.39, 0.29) is 0 Å². The zero-order valence-electron chi connectivity index (χ0n) is 12.5. The van der Waals surface area contributed by atoms with E-state index < -0.39 is 29.0 Å². The molecular formula is C15H28O4. The molecule has 1 rings (SSSR count). The van der Waals surface area contributed by atoms with Gasteiger partial charge in [0.1, 0.15) is 0 Å².